The lowest BCUT2D eigenvalue weighted by atomic mass is 9.99. The largest absolute Gasteiger partial charge is 0.497 e. The summed E-state index contributed by atoms with van der Waals surface area (Å²) in [5.74, 6) is 2.00. The van der Waals surface area contributed by atoms with E-state index in [4.69, 9.17) is 9.47 Å². The third-order valence-electron chi connectivity index (χ3n) is 5.89. The smallest absolute Gasteiger partial charge is 0.130 e. The van der Waals surface area contributed by atoms with E-state index < -0.39 is 0 Å². The van der Waals surface area contributed by atoms with Crippen LogP contribution in [0.2, 0.25) is 0 Å². The highest BCUT2D eigenvalue weighted by atomic mass is 31.1. The van der Waals surface area contributed by atoms with Crippen LogP contribution in [-0.4, -0.2) is 25.5 Å². The predicted octanol–water partition coefficient (Wildman–Crippen LogP) is 5.78. The molecule has 3 heteroatoms. The van der Waals surface area contributed by atoms with Gasteiger partial charge in [-0.25, -0.2) is 0 Å². The number of aryl methyl sites for hydroxylation is 1. The maximum Gasteiger partial charge on any atom is 0.130 e. The molecule has 2 fully saturated rings. The second-order valence-corrected chi connectivity index (χ2v) is 10.2. The van der Waals surface area contributed by atoms with Gasteiger partial charge in [0.1, 0.15) is 11.5 Å². The molecule has 0 bridgehead atoms. The second-order valence-electron chi connectivity index (χ2n) is 7.49. The quantitative estimate of drug-likeness (QED) is 0.628. The summed E-state index contributed by atoms with van der Waals surface area (Å²) in [6.07, 6.45) is 14.3. The molecule has 0 radical (unpaired) electrons. The maximum atomic E-state index is 5.87. The zero-order chi connectivity index (χ0) is 16.9. The number of hydrogen-bond acceptors (Lipinski definition) is 2. The van der Waals surface area contributed by atoms with Gasteiger partial charge in [0, 0.05) is 11.4 Å². The molecule has 0 amide bonds. The van der Waals surface area contributed by atoms with Gasteiger partial charge in [-0.05, 0) is 55.6 Å². The molecule has 1 aromatic carbocycles. The van der Waals surface area contributed by atoms with Gasteiger partial charge in [0.05, 0.1) is 14.2 Å². The molecule has 2 nitrogen and oxygen atoms in total. The highest BCUT2D eigenvalue weighted by molar-refractivity contribution is 7.67. The fraction of sp³-hybridized carbons (Fsp3) is 0.714. The van der Waals surface area contributed by atoms with Crippen LogP contribution in [0, 0.1) is 6.92 Å². The third-order valence-corrected chi connectivity index (χ3v) is 9.58. The first kappa shape index (κ1) is 18.1. The van der Waals surface area contributed by atoms with Crippen molar-refractivity contribution in [2.45, 2.75) is 82.4 Å². The van der Waals surface area contributed by atoms with Crippen molar-refractivity contribution >= 4 is 13.2 Å². The SMILES string of the molecule is COc1cc(C)c(P(C2CCCCC2)C2CCCCC2)c(OC)c1. The van der Waals surface area contributed by atoms with Gasteiger partial charge in [-0.2, -0.15) is 0 Å². The summed E-state index contributed by atoms with van der Waals surface area (Å²) < 4.78 is 11.4. The lowest BCUT2D eigenvalue weighted by Gasteiger charge is -2.40. The van der Waals surface area contributed by atoms with Gasteiger partial charge < -0.3 is 9.47 Å². The zero-order valence-electron chi connectivity index (χ0n) is 15.6. The lowest BCUT2D eigenvalue weighted by molar-refractivity contribution is 0.395. The fourth-order valence-electron chi connectivity index (χ4n) is 4.70. The topological polar surface area (TPSA) is 18.5 Å². The van der Waals surface area contributed by atoms with Gasteiger partial charge in [-0.3, -0.25) is 0 Å². The number of methoxy groups -OCH3 is 2. The molecule has 2 aliphatic carbocycles. The number of hydrogen-bond donors (Lipinski definition) is 0. The average Bonchev–Trinajstić information content (AvgIpc) is 2.64. The number of ether oxygens (including phenoxy) is 2. The number of benzene rings is 1. The maximum absolute atomic E-state index is 5.87. The highest BCUT2D eigenvalue weighted by Crippen LogP contribution is 2.57. The molecular weight excluding hydrogens is 315 g/mol. The Morgan fingerprint density at radius 2 is 1.33 bits per heavy atom. The Morgan fingerprint density at radius 1 is 0.792 bits per heavy atom. The van der Waals surface area contributed by atoms with E-state index in [1.54, 1.807) is 12.4 Å². The standard InChI is InChI=1S/C21H33O2P/c1-16-14-17(22-2)15-20(23-3)21(16)24(18-10-6-4-7-11-18)19-12-8-5-9-13-19/h14-15,18-19H,4-13H2,1-3H3. The van der Waals surface area contributed by atoms with Gasteiger partial charge in [0.2, 0.25) is 0 Å². The average molecular weight is 348 g/mol. The summed E-state index contributed by atoms with van der Waals surface area (Å²) in [5.41, 5.74) is 3.18. The molecule has 134 valence electrons. The van der Waals surface area contributed by atoms with Gasteiger partial charge in [0.15, 0.2) is 0 Å². The summed E-state index contributed by atoms with van der Waals surface area (Å²) in [4.78, 5) is 0. The molecule has 0 aromatic heterocycles. The van der Waals surface area contributed by atoms with Crippen molar-refractivity contribution in [3.63, 3.8) is 0 Å². The van der Waals surface area contributed by atoms with E-state index in [0.29, 0.717) is 0 Å². The first-order valence-electron chi connectivity index (χ1n) is 9.75. The minimum Gasteiger partial charge on any atom is -0.497 e. The first-order chi connectivity index (χ1) is 11.7. The van der Waals surface area contributed by atoms with Gasteiger partial charge in [0.25, 0.3) is 0 Å². The van der Waals surface area contributed by atoms with Crippen LogP contribution in [-0.2, 0) is 0 Å². The summed E-state index contributed by atoms with van der Waals surface area (Å²) in [6, 6.07) is 4.34. The molecule has 2 aliphatic rings. The molecule has 0 spiro atoms. The molecule has 0 heterocycles. The van der Waals surface area contributed by atoms with Crippen LogP contribution in [0.4, 0.5) is 0 Å². The molecule has 0 aliphatic heterocycles. The molecule has 1 aromatic rings. The molecular formula is C21H33O2P. The van der Waals surface area contributed by atoms with Crippen LogP contribution in [0.25, 0.3) is 0 Å². The lowest BCUT2D eigenvalue weighted by Crippen LogP contribution is -2.28. The normalized spacial score (nSPS) is 20.3. The fourth-order valence-corrected chi connectivity index (χ4v) is 8.75. The van der Waals surface area contributed by atoms with Crippen LogP contribution >= 0.6 is 7.92 Å². The Hall–Kier alpha value is -0.750. The molecule has 3 rings (SSSR count). The third kappa shape index (κ3) is 3.90. The molecule has 0 saturated heterocycles. The van der Waals surface area contributed by atoms with Crippen molar-refractivity contribution < 1.29 is 9.47 Å². The van der Waals surface area contributed by atoms with E-state index in [-0.39, 0.29) is 7.92 Å². The summed E-state index contributed by atoms with van der Waals surface area (Å²) in [6.45, 7) is 2.27. The Labute approximate surface area is 149 Å². The van der Waals surface area contributed by atoms with Gasteiger partial charge in [-0.1, -0.05) is 46.4 Å². The van der Waals surface area contributed by atoms with E-state index in [1.165, 1.54) is 69.8 Å². The Bertz CT molecular complexity index is 513. The summed E-state index contributed by atoms with van der Waals surface area (Å²) in [5, 5.41) is 1.55. The van der Waals surface area contributed by atoms with Crippen LogP contribution in [0.3, 0.4) is 0 Å². The van der Waals surface area contributed by atoms with Crippen molar-refractivity contribution in [2.24, 2.45) is 0 Å². The van der Waals surface area contributed by atoms with Crippen LogP contribution < -0.4 is 14.8 Å². The van der Waals surface area contributed by atoms with E-state index in [9.17, 15) is 0 Å². The predicted molar refractivity (Wildman–Crippen MR) is 105 cm³/mol. The second kappa shape index (κ2) is 8.56. The molecule has 0 N–H and O–H groups in total. The van der Waals surface area contributed by atoms with E-state index in [1.807, 2.05) is 7.11 Å². The van der Waals surface area contributed by atoms with E-state index >= 15 is 0 Å². The van der Waals surface area contributed by atoms with Crippen molar-refractivity contribution in [3.05, 3.63) is 17.7 Å². The van der Waals surface area contributed by atoms with Crippen molar-refractivity contribution in [1.29, 1.82) is 0 Å². The minimum atomic E-state index is -0.138. The Balaban J connectivity index is 2.00. The molecule has 24 heavy (non-hydrogen) atoms. The van der Waals surface area contributed by atoms with Gasteiger partial charge >= 0.3 is 0 Å². The highest BCUT2D eigenvalue weighted by Gasteiger charge is 2.35. The number of rotatable bonds is 5. The van der Waals surface area contributed by atoms with Crippen molar-refractivity contribution in [3.8, 4) is 11.5 Å². The van der Waals surface area contributed by atoms with Crippen LogP contribution in [0.1, 0.15) is 69.8 Å². The first-order valence-corrected chi connectivity index (χ1v) is 11.2. The molecule has 0 atom stereocenters. The van der Waals surface area contributed by atoms with E-state index in [0.717, 1.165) is 22.8 Å². The minimum absolute atomic E-state index is 0.138. The zero-order valence-corrected chi connectivity index (χ0v) is 16.5. The van der Waals surface area contributed by atoms with Crippen molar-refractivity contribution in [2.75, 3.05) is 14.2 Å². The monoisotopic (exact) mass is 348 g/mol. The summed E-state index contributed by atoms with van der Waals surface area (Å²) >= 11 is 0. The molecule has 0 unspecified atom stereocenters. The van der Waals surface area contributed by atoms with Gasteiger partial charge in [-0.15, -0.1) is 0 Å². The van der Waals surface area contributed by atoms with E-state index in [2.05, 4.69) is 19.1 Å². The Morgan fingerprint density at radius 3 is 1.79 bits per heavy atom. The Kier molecular flexibility index (Phi) is 6.44. The van der Waals surface area contributed by atoms with Crippen LogP contribution in [0.5, 0.6) is 11.5 Å². The van der Waals surface area contributed by atoms with Crippen LogP contribution in [0.15, 0.2) is 12.1 Å². The van der Waals surface area contributed by atoms with Crippen molar-refractivity contribution in [1.82, 2.24) is 0 Å². The molecule has 2 saturated carbocycles. The summed E-state index contributed by atoms with van der Waals surface area (Å²) in [7, 11) is 3.44.